The van der Waals surface area contributed by atoms with Gasteiger partial charge < -0.3 is 9.64 Å². The summed E-state index contributed by atoms with van der Waals surface area (Å²) in [4.78, 5) is 22.8. The van der Waals surface area contributed by atoms with Crippen molar-refractivity contribution < 1.29 is 9.53 Å². The minimum Gasteiger partial charge on any atom is -0.472 e. The van der Waals surface area contributed by atoms with Gasteiger partial charge in [-0.2, -0.15) is 4.98 Å². The first kappa shape index (κ1) is 16.2. The molecule has 0 spiro atoms. The van der Waals surface area contributed by atoms with Gasteiger partial charge in [0.15, 0.2) is 0 Å². The van der Waals surface area contributed by atoms with Crippen molar-refractivity contribution in [2.45, 2.75) is 64.4 Å². The number of ether oxygens (including phenoxy) is 1. The molecule has 0 N–H and O–H groups in total. The van der Waals surface area contributed by atoms with Gasteiger partial charge in [0.2, 0.25) is 11.8 Å². The van der Waals surface area contributed by atoms with Crippen molar-refractivity contribution >= 4 is 5.91 Å². The predicted molar refractivity (Wildman–Crippen MR) is 88.2 cm³/mol. The SMILES string of the molecule is Cc1nccc(OC2CCCN(C(=O)CCC3CCCC3)C2)n1. The van der Waals surface area contributed by atoms with Crippen molar-refractivity contribution in [1.82, 2.24) is 14.9 Å². The molecule has 0 bridgehead atoms. The van der Waals surface area contributed by atoms with Crippen LogP contribution in [0.2, 0.25) is 0 Å². The van der Waals surface area contributed by atoms with Crippen molar-refractivity contribution in [3.63, 3.8) is 0 Å². The number of hydrogen-bond acceptors (Lipinski definition) is 4. The third kappa shape index (κ3) is 4.66. The fourth-order valence-electron chi connectivity index (χ4n) is 3.72. The molecule has 2 heterocycles. The molecule has 1 aromatic rings. The molecule has 1 aromatic heterocycles. The lowest BCUT2D eigenvalue weighted by molar-refractivity contribution is -0.134. The Morgan fingerprint density at radius 1 is 1.30 bits per heavy atom. The number of likely N-dealkylation sites (tertiary alicyclic amines) is 1. The van der Waals surface area contributed by atoms with Crippen LogP contribution in [-0.2, 0) is 4.79 Å². The highest BCUT2D eigenvalue weighted by Gasteiger charge is 2.26. The highest BCUT2D eigenvalue weighted by molar-refractivity contribution is 5.76. The van der Waals surface area contributed by atoms with Crippen molar-refractivity contribution in [2.24, 2.45) is 5.92 Å². The number of rotatable bonds is 5. The maximum absolute atomic E-state index is 12.5. The molecular weight excluding hydrogens is 290 g/mol. The molecule has 3 rings (SSSR count). The normalized spacial score (nSPS) is 22.3. The molecule has 1 aliphatic carbocycles. The number of hydrogen-bond donors (Lipinski definition) is 0. The van der Waals surface area contributed by atoms with Crippen LogP contribution in [0.4, 0.5) is 0 Å². The summed E-state index contributed by atoms with van der Waals surface area (Å²) in [6.45, 7) is 3.41. The maximum Gasteiger partial charge on any atom is 0.222 e. The molecule has 1 saturated carbocycles. The molecule has 1 unspecified atom stereocenters. The molecule has 1 amide bonds. The quantitative estimate of drug-likeness (QED) is 0.837. The summed E-state index contributed by atoms with van der Waals surface area (Å²) in [7, 11) is 0. The standard InChI is InChI=1S/C18H27N3O2/c1-14-19-11-10-17(20-14)23-16-7-4-12-21(13-16)18(22)9-8-15-5-2-3-6-15/h10-11,15-16H,2-9,12-13H2,1H3. The molecule has 23 heavy (non-hydrogen) atoms. The Labute approximate surface area is 138 Å². The van der Waals surface area contributed by atoms with E-state index in [4.69, 9.17) is 4.74 Å². The van der Waals surface area contributed by atoms with Gasteiger partial charge in [0.25, 0.3) is 0 Å². The van der Waals surface area contributed by atoms with Crippen LogP contribution in [0.5, 0.6) is 5.88 Å². The lowest BCUT2D eigenvalue weighted by atomic mass is 10.0. The Bertz CT molecular complexity index is 529. The van der Waals surface area contributed by atoms with Crippen LogP contribution in [0.3, 0.4) is 0 Å². The summed E-state index contributed by atoms with van der Waals surface area (Å²) in [5.74, 6) is 2.40. The molecule has 5 nitrogen and oxygen atoms in total. The van der Waals surface area contributed by atoms with Gasteiger partial charge in [-0.25, -0.2) is 4.98 Å². The zero-order valence-corrected chi connectivity index (χ0v) is 14.0. The summed E-state index contributed by atoms with van der Waals surface area (Å²) in [6, 6.07) is 1.79. The second-order valence-corrected chi connectivity index (χ2v) is 6.85. The average molecular weight is 317 g/mol. The monoisotopic (exact) mass is 317 g/mol. The fraction of sp³-hybridized carbons (Fsp3) is 0.722. The van der Waals surface area contributed by atoms with Crippen LogP contribution in [0.25, 0.3) is 0 Å². The molecule has 1 saturated heterocycles. The number of carbonyl (C=O) groups excluding carboxylic acids is 1. The van der Waals surface area contributed by atoms with E-state index in [0.717, 1.165) is 31.7 Å². The van der Waals surface area contributed by atoms with Gasteiger partial charge in [-0.1, -0.05) is 25.7 Å². The van der Waals surface area contributed by atoms with E-state index in [-0.39, 0.29) is 6.10 Å². The fourth-order valence-corrected chi connectivity index (χ4v) is 3.72. The van der Waals surface area contributed by atoms with Crippen LogP contribution in [0.1, 0.15) is 57.2 Å². The van der Waals surface area contributed by atoms with Crippen LogP contribution in [-0.4, -0.2) is 40.0 Å². The van der Waals surface area contributed by atoms with E-state index in [9.17, 15) is 4.79 Å². The third-order valence-electron chi connectivity index (χ3n) is 5.01. The lowest BCUT2D eigenvalue weighted by Crippen LogP contribution is -2.44. The molecule has 126 valence electrons. The highest BCUT2D eigenvalue weighted by Crippen LogP contribution is 2.29. The van der Waals surface area contributed by atoms with E-state index in [1.165, 1.54) is 25.7 Å². The number of aryl methyl sites for hydroxylation is 1. The first-order valence-corrected chi connectivity index (χ1v) is 8.95. The molecule has 1 aliphatic heterocycles. The first-order chi connectivity index (χ1) is 11.2. The summed E-state index contributed by atoms with van der Waals surface area (Å²) in [5, 5.41) is 0. The summed E-state index contributed by atoms with van der Waals surface area (Å²) in [5.41, 5.74) is 0. The summed E-state index contributed by atoms with van der Waals surface area (Å²) in [6.07, 6.45) is 10.8. The second kappa shape index (κ2) is 7.75. The predicted octanol–water partition coefficient (Wildman–Crippen LogP) is 3.13. The lowest BCUT2D eigenvalue weighted by Gasteiger charge is -2.33. The number of piperidine rings is 1. The van der Waals surface area contributed by atoms with Crippen molar-refractivity contribution in [3.8, 4) is 5.88 Å². The zero-order chi connectivity index (χ0) is 16.1. The smallest absolute Gasteiger partial charge is 0.222 e. The highest BCUT2D eigenvalue weighted by atomic mass is 16.5. The van der Waals surface area contributed by atoms with Crippen LogP contribution < -0.4 is 4.74 Å². The van der Waals surface area contributed by atoms with E-state index < -0.39 is 0 Å². The second-order valence-electron chi connectivity index (χ2n) is 6.85. The number of amides is 1. The van der Waals surface area contributed by atoms with Crippen LogP contribution in [0, 0.1) is 12.8 Å². The van der Waals surface area contributed by atoms with E-state index in [2.05, 4.69) is 9.97 Å². The van der Waals surface area contributed by atoms with Crippen molar-refractivity contribution in [3.05, 3.63) is 18.1 Å². The Balaban J connectivity index is 1.48. The van der Waals surface area contributed by atoms with E-state index >= 15 is 0 Å². The van der Waals surface area contributed by atoms with E-state index in [1.54, 1.807) is 12.3 Å². The third-order valence-corrected chi connectivity index (χ3v) is 5.01. The molecular formula is C18H27N3O2. The minimum atomic E-state index is 0.0495. The van der Waals surface area contributed by atoms with Gasteiger partial charge in [-0.05, 0) is 32.1 Å². The van der Waals surface area contributed by atoms with Crippen molar-refractivity contribution in [2.75, 3.05) is 13.1 Å². The van der Waals surface area contributed by atoms with Gasteiger partial charge >= 0.3 is 0 Å². The van der Waals surface area contributed by atoms with Crippen molar-refractivity contribution in [1.29, 1.82) is 0 Å². The van der Waals surface area contributed by atoms with E-state index in [1.807, 2.05) is 11.8 Å². The van der Waals surface area contributed by atoms with Crippen LogP contribution in [0.15, 0.2) is 12.3 Å². The molecule has 2 fully saturated rings. The average Bonchev–Trinajstić information content (AvgIpc) is 3.06. The topological polar surface area (TPSA) is 55.3 Å². The zero-order valence-electron chi connectivity index (χ0n) is 14.0. The largest absolute Gasteiger partial charge is 0.472 e. The first-order valence-electron chi connectivity index (χ1n) is 8.95. The van der Waals surface area contributed by atoms with Gasteiger partial charge in [-0.15, -0.1) is 0 Å². The minimum absolute atomic E-state index is 0.0495. The molecule has 1 atom stereocenters. The molecule has 0 radical (unpaired) electrons. The Hall–Kier alpha value is -1.65. The molecule has 0 aromatic carbocycles. The Morgan fingerprint density at radius 3 is 2.91 bits per heavy atom. The number of nitrogens with zero attached hydrogens (tertiary/aromatic N) is 3. The number of carbonyl (C=O) groups is 1. The Kier molecular flexibility index (Phi) is 5.47. The molecule has 2 aliphatic rings. The maximum atomic E-state index is 12.5. The summed E-state index contributed by atoms with van der Waals surface area (Å²) >= 11 is 0. The number of aromatic nitrogens is 2. The Morgan fingerprint density at radius 2 is 2.13 bits per heavy atom. The van der Waals surface area contributed by atoms with Gasteiger partial charge in [0, 0.05) is 25.2 Å². The van der Waals surface area contributed by atoms with Gasteiger partial charge in [-0.3, -0.25) is 4.79 Å². The summed E-state index contributed by atoms with van der Waals surface area (Å²) < 4.78 is 5.95. The van der Waals surface area contributed by atoms with Gasteiger partial charge in [0.1, 0.15) is 11.9 Å². The van der Waals surface area contributed by atoms with E-state index in [0.29, 0.717) is 30.6 Å². The molecule has 5 heteroatoms. The van der Waals surface area contributed by atoms with Gasteiger partial charge in [0.05, 0.1) is 6.54 Å². The van der Waals surface area contributed by atoms with Crippen LogP contribution >= 0.6 is 0 Å².